The number of methoxy groups -OCH3 is 1. The van der Waals surface area contributed by atoms with E-state index in [4.69, 9.17) is 54.2 Å². The number of carbonyl (C=O) groups is 3. The minimum atomic E-state index is -1.87. The second kappa shape index (κ2) is 27.7. The molecule has 2 aromatic rings. The van der Waals surface area contributed by atoms with E-state index in [1.54, 1.807) is 80.6 Å². The number of pyridine rings is 1. The van der Waals surface area contributed by atoms with Crippen molar-refractivity contribution in [3.05, 3.63) is 39.1 Å². The van der Waals surface area contributed by atoms with Gasteiger partial charge in [-0.05, 0) is 134 Å². The van der Waals surface area contributed by atoms with Gasteiger partial charge in [-0.1, -0.05) is 32.4 Å². The summed E-state index contributed by atoms with van der Waals surface area (Å²) in [4.78, 5) is 58.5. The molecule has 0 amide bonds. The zero-order valence-electron chi connectivity index (χ0n) is 50.6. The van der Waals surface area contributed by atoms with Gasteiger partial charge < -0.3 is 82.7 Å². The first-order valence-electron chi connectivity index (χ1n) is 29.0. The van der Waals surface area contributed by atoms with Crippen molar-refractivity contribution in [2.75, 3.05) is 59.9 Å². The van der Waals surface area contributed by atoms with Gasteiger partial charge in [0.05, 0.1) is 77.9 Å². The average Bonchev–Trinajstić information content (AvgIpc) is 4.25. The molecule has 3 aliphatic heterocycles. The first kappa shape index (κ1) is 66.6. The standard InChI is InChI=1S/C59H95ClN4O17/c1-17-45-59(12,72)51(68)36(8)63(15)29-32(4)27-57(10,71)52(81-56-49(67)44(62(13)14)24-33(5)76-56)34(6)50(35(7)54(69)78-45)80-47-28-58(11,73-16)53(37(9)77-47)79-46(65)20-22-74-23-21-61-42-25-39-43(26-41(42)60)64(38-18-19-38)30-40(48(39)66)55(70)75-31(2)3/h25-26,30-38,44-45,47,49-53,56,61,67-68,71-72H,17-24,27-29H2,1-16H3/t32-,33-,34+,35-,36-,37+,44+,45-,47+,49-,50+,51-,52-,53+,56+,57-,58-,59-/m1/s1. The average molecular weight is 1170 g/mol. The largest absolute Gasteiger partial charge is 0.459 e. The summed E-state index contributed by atoms with van der Waals surface area (Å²) in [6.45, 7) is 21.7. The zero-order chi connectivity index (χ0) is 60.2. The van der Waals surface area contributed by atoms with E-state index in [1.165, 1.54) is 14.0 Å². The summed E-state index contributed by atoms with van der Waals surface area (Å²) in [5, 5.41) is 52.1. The molecule has 22 heteroatoms. The number of carbonyl (C=O) groups excluding carboxylic acids is 3. The maximum Gasteiger partial charge on any atom is 0.343 e. The van der Waals surface area contributed by atoms with Gasteiger partial charge in [0.2, 0.25) is 5.43 Å². The Kier molecular flexibility index (Phi) is 22.7. The van der Waals surface area contributed by atoms with Crippen LogP contribution < -0.4 is 10.7 Å². The summed E-state index contributed by atoms with van der Waals surface area (Å²) in [5.41, 5.74) is -4.10. The molecule has 1 aliphatic carbocycles. The van der Waals surface area contributed by atoms with Crippen LogP contribution in [0.5, 0.6) is 0 Å². The van der Waals surface area contributed by atoms with Crippen LogP contribution in [0.1, 0.15) is 144 Å². The second-order valence-electron chi connectivity index (χ2n) is 24.7. The summed E-state index contributed by atoms with van der Waals surface area (Å²) in [7, 11) is 7.05. The monoisotopic (exact) mass is 1170 g/mol. The predicted molar refractivity (Wildman–Crippen MR) is 304 cm³/mol. The van der Waals surface area contributed by atoms with Gasteiger partial charge >= 0.3 is 17.9 Å². The van der Waals surface area contributed by atoms with Crippen LogP contribution in [0.4, 0.5) is 5.69 Å². The number of fused-ring (bicyclic) bond motifs is 1. The highest BCUT2D eigenvalue weighted by Gasteiger charge is 2.54. The lowest BCUT2D eigenvalue weighted by molar-refractivity contribution is -0.318. The van der Waals surface area contributed by atoms with Gasteiger partial charge in [0.1, 0.15) is 35.1 Å². The van der Waals surface area contributed by atoms with Crippen molar-refractivity contribution in [2.45, 2.75) is 230 Å². The van der Waals surface area contributed by atoms with E-state index in [-0.39, 0.29) is 75.1 Å². The molecule has 0 unspecified atom stereocenters. The molecule has 4 heterocycles. The first-order valence-corrected chi connectivity index (χ1v) is 29.4. The van der Waals surface area contributed by atoms with Crippen molar-refractivity contribution >= 4 is 46.1 Å². The molecule has 18 atom stereocenters. The molecule has 1 aromatic heterocycles. The van der Waals surface area contributed by atoms with Gasteiger partial charge in [0.25, 0.3) is 0 Å². The maximum absolute atomic E-state index is 14.6. The van der Waals surface area contributed by atoms with E-state index < -0.39 is 119 Å². The number of esters is 3. The quantitative estimate of drug-likeness (QED) is 0.0668. The molecule has 0 bridgehead atoms. The lowest BCUT2D eigenvalue weighted by Gasteiger charge is -2.49. The Balaban J connectivity index is 1.17. The number of nitrogens with one attached hydrogen (secondary N) is 1. The predicted octanol–water partition coefficient (Wildman–Crippen LogP) is 5.84. The van der Waals surface area contributed by atoms with Crippen molar-refractivity contribution < 1.29 is 77.4 Å². The number of aromatic nitrogens is 1. The van der Waals surface area contributed by atoms with Crippen LogP contribution in [0.15, 0.2) is 23.1 Å². The van der Waals surface area contributed by atoms with Crippen LogP contribution in [0, 0.1) is 17.8 Å². The van der Waals surface area contributed by atoms with Gasteiger partial charge in [0.15, 0.2) is 18.7 Å². The molecule has 4 fully saturated rings. The van der Waals surface area contributed by atoms with Crippen LogP contribution >= 0.6 is 11.6 Å². The Morgan fingerprint density at radius 2 is 1.64 bits per heavy atom. The highest BCUT2D eigenvalue weighted by atomic mass is 35.5. The third-order valence-electron chi connectivity index (χ3n) is 17.1. The summed E-state index contributed by atoms with van der Waals surface area (Å²) >= 11 is 6.71. The third kappa shape index (κ3) is 15.9. The molecule has 460 valence electrons. The summed E-state index contributed by atoms with van der Waals surface area (Å²) in [5.74, 6) is -4.17. The van der Waals surface area contributed by atoms with Crippen molar-refractivity contribution in [3.8, 4) is 0 Å². The number of nitrogens with zero attached hydrogens (tertiary/aromatic N) is 3. The van der Waals surface area contributed by atoms with Crippen molar-refractivity contribution in [3.63, 3.8) is 0 Å². The van der Waals surface area contributed by atoms with E-state index in [9.17, 15) is 39.6 Å². The fourth-order valence-corrected chi connectivity index (χ4v) is 12.5. The molecule has 6 rings (SSSR count). The molecule has 3 saturated heterocycles. The second-order valence-corrected chi connectivity index (χ2v) is 25.1. The molecule has 5 N–H and O–H groups in total. The van der Waals surface area contributed by atoms with Crippen molar-refractivity contribution in [1.82, 2.24) is 14.4 Å². The molecular weight excluding hydrogens is 1070 g/mol. The number of ether oxygens (including phenoxy) is 9. The maximum atomic E-state index is 14.6. The number of anilines is 1. The van der Waals surface area contributed by atoms with E-state index >= 15 is 0 Å². The van der Waals surface area contributed by atoms with Gasteiger partial charge in [-0.15, -0.1) is 0 Å². The first-order chi connectivity index (χ1) is 37.8. The molecule has 0 radical (unpaired) electrons. The van der Waals surface area contributed by atoms with Gasteiger partial charge in [-0.3, -0.25) is 14.4 Å². The SMILES string of the molecule is CC[C@H]1OC(=O)[C@H](C)[C@@H](O[C@H]2C[C@@](C)(OC)[C@@H](OC(=O)CCOCCNc3cc4c(=O)c(C(=O)OC(C)C)cn(C5CC5)c4cc3Cl)[C@H](C)O2)[C@H](C)[C@@H](O[C@@H]2O[C@H](C)C[C@H](N(C)C)[C@H]2O)[C@](C)(O)C[C@@H](C)CN(C)[C@H](C)[C@@H](O)[C@]1(C)O. The Hall–Kier alpha value is -3.55. The molecule has 0 spiro atoms. The number of likely N-dealkylation sites (N-methyl/N-ethyl adjacent to an activating group) is 2. The fraction of sp³-hybridized carbons (Fsp3) is 0.797. The number of hydrogen-bond donors (Lipinski definition) is 5. The Bertz CT molecular complexity index is 2510. The molecule has 81 heavy (non-hydrogen) atoms. The van der Waals surface area contributed by atoms with Crippen LogP contribution in [-0.4, -0.2) is 204 Å². The van der Waals surface area contributed by atoms with Crippen LogP contribution in [0.2, 0.25) is 5.02 Å². The van der Waals surface area contributed by atoms with E-state index in [0.717, 1.165) is 12.8 Å². The highest BCUT2D eigenvalue weighted by molar-refractivity contribution is 6.34. The number of hydrogen-bond acceptors (Lipinski definition) is 20. The molecular formula is C59H95ClN4O17. The molecule has 1 aromatic carbocycles. The smallest absolute Gasteiger partial charge is 0.343 e. The minimum absolute atomic E-state index is 0.0107. The van der Waals surface area contributed by atoms with Gasteiger partial charge in [-0.25, -0.2) is 4.79 Å². The highest BCUT2D eigenvalue weighted by Crippen LogP contribution is 2.42. The molecule has 21 nitrogen and oxygen atoms in total. The summed E-state index contributed by atoms with van der Waals surface area (Å²) < 4.78 is 58.0. The van der Waals surface area contributed by atoms with E-state index in [1.807, 2.05) is 49.4 Å². The summed E-state index contributed by atoms with van der Waals surface area (Å²) in [6, 6.07) is 2.58. The molecule has 1 saturated carbocycles. The zero-order valence-corrected chi connectivity index (χ0v) is 51.4. The number of rotatable bonds is 18. The van der Waals surface area contributed by atoms with Gasteiger partial charge in [0, 0.05) is 62.2 Å². The van der Waals surface area contributed by atoms with Crippen LogP contribution in [-0.2, 0) is 52.2 Å². The minimum Gasteiger partial charge on any atom is -0.459 e. The third-order valence-corrected chi connectivity index (χ3v) is 17.4. The normalized spacial score (nSPS) is 36.9. The molecule has 4 aliphatic rings. The van der Waals surface area contributed by atoms with E-state index in [0.29, 0.717) is 34.6 Å². The Labute approximate surface area is 483 Å². The van der Waals surface area contributed by atoms with Crippen LogP contribution in [0.25, 0.3) is 10.9 Å². The van der Waals surface area contributed by atoms with Crippen LogP contribution in [0.3, 0.4) is 0 Å². The Morgan fingerprint density at radius 1 is 0.963 bits per heavy atom. The number of benzene rings is 1. The summed E-state index contributed by atoms with van der Waals surface area (Å²) in [6.07, 6.45) is -6.39. The number of cyclic esters (lactones) is 1. The van der Waals surface area contributed by atoms with E-state index in [2.05, 4.69) is 5.32 Å². The number of aliphatic hydroxyl groups excluding tert-OH is 2. The lowest BCUT2D eigenvalue weighted by atomic mass is 9.77. The number of halogens is 1. The Morgan fingerprint density at radius 3 is 2.26 bits per heavy atom. The fourth-order valence-electron chi connectivity index (χ4n) is 12.2. The number of aliphatic hydroxyl groups is 4. The lowest BCUT2D eigenvalue weighted by Crippen LogP contribution is -2.61. The topological polar surface area (TPSA) is 256 Å². The van der Waals surface area contributed by atoms with Gasteiger partial charge in [-0.2, -0.15) is 0 Å². The van der Waals surface area contributed by atoms with Crippen molar-refractivity contribution in [2.24, 2.45) is 17.8 Å². The van der Waals surface area contributed by atoms with Crippen molar-refractivity contribution in [1.29, 1.82) is 0 Å².